The first kappa shape index (κ1) is 20.5. The predicted octanol–water partition coefficient (Wildman–Crippen LogP) is 4.49. The zero-order chi connectivity index (χ0) is 22.6. The predicted molar refractivity (Wildman–Crippen MR) is 123 cm³/mol. The van der Waals surface area contributed by atoms with Gasteiger partial charge in [-0.1, -0.05) is 18.6 Å². The van der Waals surface area contributed by atoms with Crippen LogP contribution in [0, 0.1) is 5.92 Å². The molecule has 1 aliphatic carbocycles. The average Bonchev–Trinajstić information content (AvgIpc) is 3.13. The van der Waals surface area contributed by atoms with E-state index in [4.69, 9.17) is 4.98 Å². The molecule has 3 aromatic rings. The molecule has 170 valence electrons. The SMILES string of the molecule is O=C(Nc1ccc2c(c1)C(c1nc3ccc(CN4CCCCC4)cc3[nH]1)=NC2)C1CC1(F)F. The highest BCUT2D eigenvalue weighted by atomic mass is 19.3. The van der Waals surface area contributed by atoms with Crippen molar-refractivity contribution in [3.8, 4) is 0 Å². The molecular formula is C25H25F2N5O. The minimum atomic E-state index is -2.88. The number of carbonyl (C=O) groups excluding carboxylic acids is 1. The number of alkyl halides is 2. The summed E-state index contributed by atoms with van der Waals surface area (Å²) in [5, 5.41) is 2.62. The van der Waals surface area contributed by atoms with Gasteiger partial charge in [0.15, 0.2) is 5.82 Å². The molecule has 1 aromatic heterocycles. The van der Waals surface area contributed by atoms with Crippen LogP contribution in [0.15, 0.2) is 41.4 Å². The van der Waals surface area contributed by atoms with Crippen LogP contribution in [0.2, 0.25) is 0 Å². The van der Waals surface area contributed by atoms with Crippen molar-refractivity contribution in [2.75, 3.05) is 18.4 Å². The highest BCUT2D eigenvalue weighted by molar-refractivity contribution is 6.14. The lowest BCUT2D eigenvalue weighted by molar-refractivity contribution is -0.119. The molecule has 2 aliphatic heterocycles. The lowest BCUT2D eigenvalue weighted by Gasteiger charge is -2.26. The summed E-state index contributed by atoms with van der Waals surface area (Å²) >= 11 is 0. The molecule has 1 atom stereocenters. The standard InChI is InChI=1S/C25H25F2N5O/c26-25(27)12-19(25)24(33)29-17-6-5-16-13-28-22(18(16)11-17)23-30-20-7-4-15(10-21(20)31-23)14-32-8-2-1-3-9-32/h4-7,10-11,19H,1-3,8-9,12-14H2,(H,29,33)(H,30,31). The zero-order valence-corrected chi connectivity index (χ0v) is 18.2. The molecule has 1 amide bonds. The van der Waals surface area contributed by atoms with Gasteiger partial charge in [0.05, 0.1) is 17.6 Å². The monoisotopic (exact) mass is 449 g/mol. The summed E-state index contributed by atoms with van der Waals surface area (Å²) in [4.78, 5) is 27.4. The van der Waals surface area contributed by atoms with Crippen LogP contribution in [-0.2, 0) is 17.9 Å². The number of nitrogens with one attached hydrogen (secondary N) is 2. The number of hydrogen-bond donors (Lipinski definition) is 2. The van der Waals surface area contributed by atoms with E-state index in [0.717, 1.165) is 47.5 Å². The summed E-state index contributed by atoms with van der Waals surface area (Å²) in [5.41, 5.74) is 6.21. The molecule has 0 radical (unpaired) electrons. The summed E-state index contributed by atoms with van der Waals surface area (Å²) in [6, 6.07) is 11.7. The fourth-order valence-corrected chi connectivity index (χ4v) is 4.83. The fourth-order valence-electron chi connectivity index (χ4n) is 4.83. The van der Waals surface area contributed by atoms with Gasteiger partial charge in [0.25, 0.3) is 5.92 Å². The van der Waals surface area contributed by atoms with Gasteiger partial charge >= 0.3 is 0 Å². The number of aromatic nitrogens is 2. The molecule has 1 saturated carbocycles. The minimum absolute atomic E-state index is 0.380. The van der Waals surface area contributed by atoms with Crippen LogP contribution in [0.25, 0.3) is 11.0 Å². The van der Waals surface area contributed by atoms with Crippen molar-refractivity contribution in [1.82, 2.24) is 14.9 Å². The Morgan fingerprint density at radius 3 is 2.76 bits per heavy atom. The van der Waals surface area contributed by atoms with Crippen LogP contribution in [0.4, 0.5) is 14.5 Å². The number of rotatable bonds is 5. The van der Waals surface area contributed by atoms with E-state index in [-0.39, 0.29) is 6.42 Å². The molecule has 1 saturated heterocycles. The van der Waals surface area contributed by atoms with Gasteiger partial charge in [0.2, 0.25) is 5.91 Å². The number of imidazole rings is 1. The Bertz CT molecular complexity index is 1280. The van der Waals surface area contributed by atoms with E-state index in [1.54, 1.807) is 12.1 Å². The number of aliphatic imine (C=N–C) groups is 1. The number of anilines is 1. The largest absolute Gasteiger partial charge is 0.337 e. The van der Waals surface area contributed by atoms with E-state index in [1.807, 2.05) is 12.1 Å². The summed E-state index contributed by atoms with van der Waals surface area (Å²) in [6.45, 7) is 3.77. The number of fused-ring (bicyclic) bond motifs is 2. The Labute approximate surface area is 190 Å². The van der Waals surface area contributed by atoms with E-state index >= 15 is 0 Å². The minimum Gasteiger partial charge on any atom is -0.337 e. The first-order chi connectivity index (χ1) is 16.0. The number of piperidine rings is 1. The number of carbonyl (C=O) groups is 1. The second-order valence-corrected chi connectivity index (χ2v) is 9.32. The van der Waals surface area contributed by atoms with Crippen LogP contribution >= 0.6 is 0 Å². The maximum atomic E-state index is 13.2. The Morgan fingerprint density at radius 1 is 1.15 bits per heavy atom. The fraction of sp³-hybridized carbons (Fsp3) is 0.400. The van der Waals surface area contributed by atoms with E-state index < -0.39 is 17.7 Å². The van der Waals surface area contributed by atoms with Gasteiger partial charge < -0.3 is 10.3 Å². The molecular weight excluding hydrogens is 424 g/mol. The van der Waals surface area contributed by atoms with Crippen LogP contribution in [0.3, 0.4) is 0 Å². The molecule has 2 fully saturated rings. The summed E-state index contributed by atoms with van der Waals surface area (Å²) in [7, 11) is 0. The first-order valence-corrected chi connectivity index (χ1v) is 11.5. The maximum absolute atomic E-state index is 13.2. The Morgan fingerprint density at radius 2 is 1.97 bits per heavy atom. The summed E-state index contributed by atoms with van der Waals surface area (Å²) < 4.78 is 26.4. The van der Waals surface area contributed by atoms with Crippen LogP contribution < -0.4 is 5.32 Å². The Hall–Kier alpha value is -3.13. The van der Waals surface area contributed by atoms with Crippen molar-refractivity contribution in [2.24, 2.45) is 10.9 Å². The third kappa shape index (κ3) is 3.93. The molecule has 2 N–H and O–H groups in total. The van der Waals surface area contributed by atoms with E-state index in [2.05, 4.69) is 32.3 Å². The lowest BCUT2D eigenvalue weighted by Crippen LogP contribution is -2.29. The molecule has 3 aliphatic rings. The normalized spacial score (nSPS) is 21.6. The number of aromatic amines is 1. The number of benzene rings is 2. The number of amides is 1. The maximum Gasteiger partial charge on any atom is 0.260 e. The number of nitrogens with zero attached hydrogens (tertiary/aromatic N) is 3. The molecule has 33 heavy (non-hydrogen) atoms. The summed E-state index contributed by atoms with van der Waals surface area (Å²) in [6.07, 6.45) is 3.47. The van der Waals surface area contributed by atoms with Gasteiger partial charge in [0.1, 0.15) is 11.6 Å². The van der Waals surface area contributed by atoms with Crippen LogP contribution in [0.1, 0.15) is 48.2 Å². The van der Waals surface area contributed by atoms with Gasteiger partial charge in [-0.05, 0) is 61.3 Å². The molecule has 0 spiro atoms. The van der Waals surface area contributed by atoms with Crippen LogP contribution in [-0.4, -0.2) is 45.5 Å². The number of hydrogen-bond acceptors (Lipinski definition) is 4. The quantitative estimate of drug-likeness (QED) is 0.603. The second-order valence-electron chi connectivity index (χ2n) is 9.32. The topological polar surface area (TPSA) is 73.4 Å². The number of likely N-dealkylation sites (tertiary alicyclic amines) is 1. The molecule has 6 rings (SSSR count). The van der Waals surface area contributed by atoms with Gasteiger partial charge in [0, 0.05) is 24.2 Å². The molecule has 2 aromatic carbocycles. The third-order valence-electron chi connectivity index (χ3n) is 6.81. The molecule has 1 unspecified atom stereocenters. The first-order valence-electron chi connectivity index (χ1n) is 11.5. The van der Waals surface area contributed by atoms with Crippen molar-refractivity contribution >= 4 is 28.3 Å². The van der Waals surface area contributed by atoms with E-state index in [9.17, 15) is 13.6 Å². The average molecular weight is 450 g/mol. The number of halogens is 2. The van der Waals surface area contributed by atoms with Gasteiger partial charge in [-0.15, -0.1) is 0 Å². The van der Waals surface area contributed by atoms with Gasteiger partial charge in [-0.25, -0.2) is 13.8 Å². The third-order valence-corrected chi connectivity index (χ3v) is 6.81. The highest BCUT2D eigenvalue weighted by Gasteiger charge is 2.61. The van der Waals surface area contributed by atoms with E-state index in [0.29, 0.717) is 18.1 Å². The molecule has 3 heterocycles. The van der Waals surface area contributed by atoms with Crippen LogP contribution in [0.5, 0.6) is 0 Å². The second kappa shape index (κ2) is 7.73. The van der Waals surface area contributed by atoms with Crippen molar-refractivity contribution in [3.63, 3.8) is 0 Å². The Kier molecular flexibility index (Phi) is 4.79. The molecule has 8 heteroatoms. The zero-order valence-electron chi connectivity index (χ0n) is 18.2. The number of H-pyrrole nitrogens is 1. The van der Waals surface area contributed by atoms with Crippen molar-refractivity contribution in [1.29, 1.82) is 0 Å². The molecule has 0 bridgehead atoms. The highest BCUT2D eigenvalue weighted by Crippen LogP contribution is 2.49. The van der Waals surface area contributed by atoms with Gasteiger partial charge in [-0.3, -0.25) is 14.7 Å². The van der Waals surface area contributed by atoms with Crippen molar-refractivity contribution in [2.45, 2.75) is 44.7 Å². The van der Waals surface area contributed by atoms with Crippen molar-refractivity contribution < 1.29 is 13.6 Å². The smallest absolute Gasteiger partial charge is 0.260 e. The van der Waals surface area contributed by atoms with Gasteiger partial charge in [-0.2, -0.15) is 0 Å². The van der Waals surface area contributed by atoms with E-state index in [1.165, 1.54) is 24.8 Å². The summed E-state index contributed by atoms with van der Waals surface area (Å²) in [5.74, 6) is -4.07. The Balaban J connectivity index is 1.23. The lowest BCUT2D eigenvalue weighted by atomic mass is 10.0. The molecule has 6 nitrogen and oxygen atoms in total. The van der Waals surface area contributed by atoms with Crippen molar-refractivity contribution in [3.05, 3.63) is 58.9 Å².